The van der Waals surface area contributed by atoms with Gasteiger partial charge in [-0.15, -0.1) is 0 Å². The van der Waals surface area contributed by atoms with Crippen LogP contribution >= 0.6 is 11.8 Å². The molecule has 0 N–H and O–H groups in total. The molecular weight excluding hydrogens is 313 g/mol. The van der Waals surface area contributed by atoms with Crippen LogP contribution in [0.2, 0.25) is 0 Å². The standard InChI is InChI=1S/C11H7F3N2O4S/c1-2-20-10(17)7-4-9(21-11(12,13)14)6(5-15)3-8(7)16(18)19/h3-4H,2H2,1H3. The highest BCUT2D eigenvalue weighted by atomic mass is 32.2. The molecule has 21 heavy (non-hydrogen) atoms. The zero-order valence-electron chi connectivity index (χ0n) is 10.4. The summed E-state index contributed by atoms with van der Waals surface area (Å²) < 4.78 is 41.8. The Bertz CT molecular complexity index is 625. The lowest BCUT2D eigenvalue weighted by molar-refractivity contribution is -0.385. The fourth-order valence-corrected chi connectivity index (χ4v) is 2.03. The van der Waals surface area contributed by atoms with Crippen molar-refractivity contribution in [3.8, 4) is 6.07 Å². The first-order valence-corrected chi connectivity index (χ1v) is 6.16. The van der Waals surface area contributed by atoms with Crippen molar-refractivity contribution in [1.29, 1.82) is 5.26 Å². The zero-order valence-corrected chi connectivity index (χ0v) is 11.2. The fraction of sp³-hybridized carbons (Fsp3) is 0.273. The smallest absolute Gasteiger partial charge is 0.446 e. The van der Waals surface area contributed by atoms with Gasteiger partial charge >= 0.3 is 11.5 Å². The lowest BCUT2D eigenvalue weighted by atomic mass is 10.1. The largest absolute Gasteiger partial charge is 0.462 e. The van der Waals surface area contributed by atoms with Crippen LogP contribution < -0.4 is 0 Å². The van der Waals surface area contributed by atoms with E-state index in [0.717, 1.165) is 0 Å². The molecule has 1 aromatic rings. The van der Waals surface area contributed by atoms with Crippen molar-refractivity contribution in [1.82, 2.24) is 0 Å². The Kier molecular flexibility index (Phi) is 5.15. The van der Waals surface area contributed by atoms with Gasteiger partial charge in [-0.1, -0.05) is 0 Å². The number of esters is 1. The summed E-state index contributed by atoms with van der Waals surface area (Å²) in [7, 11) is 0. The van der Waals surface area contributed by atoms with E-state index in [2.05, 4.69) is 4.74 Å². The molecule has 0 saturated carbocycles. The molecule has 0 saturated heterocycles. The summed E-state index contributed by atoms with van der Waals surface area (Å²) in [4.78, 5) is 20.9. The van der Waals surface area contributed by atoms with Crippen LogP contribution in [0.15, 0.2) is 17.0 Å². The van der Waals surface area contributed by atoms with Gasteiger partial charge in [0.1, 0.15) is 11.6 Å². The topological polar surface area (TPSA) is 93.2 Å². The van der Waals surface area contributed by atoms with Gasteiger partial charge < -0.3 is 4.74 Å². The highest BCUT2D eigenvalue weighted by molar-refractivity contribution is 8.00. The highest BCUT2D eigenvalue weighted by Crippen LogP contribution is 2.40. The number of nitriles is 1. The van der Waals surface area contributed by atoms with Crippen molar-refractivity contribution >= 4 is 23.4 Å². The van der Waals surface area contributed by atoms with E-state index in [-0.39, 0.29) is 6.61 Å². The van der Waals surface area contributed by atoms with Gasteiger partial charge in [0.25, 0.3) is 5.69 Å². The Morgan fingerprint density at radius 3 is 2.57 bits per heavy atom. The summed E-state index contributed by atoms with van der Waals surface area (Å²) >= 11 is -0.631. The van der Waals surface area contributed by atoms with Crippen LogP contribution in [-0.2, 0) is 4.74 Å². The Balaban J connectivity index is 3.47. The maximum atomic E-state index is 12.4. The number of alkyl halides is 3. The number of nitro groups is 1. The summed E-state index contributed by atoms with van der Waals surface area (Å²) in [6.45, 7) is 1.34. The molecule has 112 valence electrons. The summed E-state index contributed by atoms with van der Waals surface area (Å²) in [5.74, 6) is -1.13. The minimum atomic E-state index is -4.70. The minimum absolute atomic E-state index is 0.0995. The zero-order chi connectivity index (χ0) is 16.2. The molecule has 1 rings (SSSR count). The number of benzene rings is 1. The molecule has 1 aromatic carbocycles. The molecule has 0 spiro atoms. The number of halogens is 3. The predicted octanol–water partition coefficient (Wildman–Crippen LogP) is 3.26. The van der Waals surface area contributed by atoms with Crippen LogP contribution in [0, 0.1) is 21.4 Å². The summed E-state index contributed by atoms with van der Waals surface area (Å²) in [6.07, 6.45) is 0. The Morgan fingerprint density at radius 1 is 1.52 bits per heavy atom. The number of hydrogen-bond acceptors (Lipinski definition) is 6. The quantitative estimate of drug-likeness (QED) is 0.366. The summed E-state index contributed by atoms with van der Waals surface area (Å²) in [6, 6.07) is 2.71. The lowest BCUT2D eigenvalue weighted by Crippen LogP contribution is -2.10. The second-order valence-corrected chi connectivity index (χ2v) is 4.61. The van der Waals surface area contributed by atoms with E-state index in [0.29, 0.717) is 12.1 Å². The Morgan fingerprint density at radius 2 is 2.14 bits per heavy atom. The predicted molar refractivity (Wildman–Crippen MR) is 65.7 cm³/mol. The first-order valence-electron chi connectivity index (χ1n) is 5.35. The molecule has 0 bridgehead atoms. The molecule has 0 heterocycles. The third-order valence-corrected chi connectivity index (χ3v) is 2.93. The van der Waals surface area contributed by atoms with Crippen molar-refractivity contribution in [3.05, 3.63) is 33.4 Å². The van der Waals surface area contributed by atoms with Gasteiger partial charge in [0.15, 0.2) is 0 Å². The SMILES string of the molecule is CCOC(=O)c1cc(SC(F)(F)F)c(C#N)cc1[N+](=O)[O-]. The summed E-state index contributed by atoms with van der Waals surface area (Å²) in [5, 5.41) is 19.6. The van der Waals surface area contributed by atoms with Crippen molar-refractivity contribution < 1.29 is 27.6 Å². The number of hydrogen-bond donors (Lipinski definition) is 0. The molecule has 0 amide bonds. The van der Waals surface area contributed by atoms with Crippen LogP contribution in [0.3, 0.4) is 0 Å². The third-order valence-electron chi connectivity index (χ3n) is 2.14. The molecule has 0 atom stereocenters. The van der Waals surface area contributed by atoms with Gasteiger partial charge in [0, 0.05) is 11.0 Å². The van der Waals surface area contributed by atoms with Crippen molar-refractivity contribution in [2.45, 2.75) is 17.3 Å². The Hall–Kier alpha value is -2.28. The molecule has 0 radical (unpaired) electrons. The van der Waals surface area contributed by atoms with E-state index in [9.17, 15) is 28.1 Å². The van der Waals surface area contributed by atoms with Crippen LogP contribution in [0.4, 0.5) is 18.9 Å². The van der Waals surface area contributed by atoms with E-state index >= 15 is 0 Å². The number of nitro benzene ring substituents is 1. The van der Waals surface area contributed by atoms with Crippen LogP contribution in [0.5, 0.6) is 0 Å². The van der Waals surface area contributed by atoms with Gasteiger partial charge in [-0.2, -0.15) is 18.4 Å². The average molecular weight is 320 g/mol. The van der Waals surface area contributed by atoms with E-state index in [4.69, 9.17) is 5.26 Å². The third kappa shape index (κ3) is 4.35. The second-order valence-electron chi connectivity index (χ2n) is 3.50. The average Bonchev–Trinajstić information content (AvgIpc) is 2.36. The van der Waals surface area contributed by atoms with Crippen molar-refractivity contribution in [3.63, 3.8) is 0 Å². The molecule has 10 heteroatoms. The van der Waals surface area contributed by atoms with Gasteiger partial charge in [-0.25, -0.2) is 4.79 Å². The van der Waals surface area contributed by atoms with Crippen molar-refractivity contribution in [2.24, 2.45) is 0 Å². The normalized spacial score (nSPS) is 10.8. The number of thioether (sulfide) groups is 1. The number of carbonyl (C=O) groups is 1. The highest BCUT2D eigenvalue weighted by Gasteiger charge is 2.33. The van der Waals surface area contributed by atoms with E-state index in [1.54, 1.807) is 0 Å². The molecule has 0 unspecified atom stereocenters. The molecule has 0 aromatic heterocycles. The number of carbonyl (C=O) groups excluding carboxylic acids is 1. The molecule has 0 aliphatic rings. The van der Waals surface area contributed by atoms with Gasteiger partial charge in [-0.3, -0.25) is 10.1 Å². The maximum Gasteiger partial charge on any atom is 0.446 e. The van der Waals surface area contributed by atoms with Gasteiger partial charge in [0.2, 0.25) is 0 Å². The molecular formula is C11H7F3N2O4S. The minimum Gasteiger partial charge on any atom is -0.462 e. The van der Waals surface area contributed by atoms with Gasteiger partial charge in [0.05, 0.1) is 17.1 Å². The van der Waals surface area contributed by atoms with E-state index < -0.39 is 49.9 Å². The number of nitrogens with zero attached hydrogens (tertiary/aromatic N) is 2. The molecule has 0 aliphatic heterocycles. The van der Waals surface area contributed by atoms with Gasteiger partial charge in [-0.05, 0) is 24.8 Å². The molecule has 0 fully saturated rings. The first-order chi connectivity index (χ1) is 9.69. The monoisotopic (exact) mass is 320 g/mol. The Labute approximate surface area is 120 Å². The van der Waals surface area contributed by atoms with E-state index in [1.165, 1.54) is 13.0 Å². The van der Waals surface area contributed by atoms with Crippen molar-refractivity contribution in [2.75, 3.05) is 6.61 Å². The lowest BCUT2D eigenvalue weighted by Gasteiger charge is -2.09. The maximum absolute atomic E-state index is 12.4. The number of ether oxygens (including phenoxy) is 1. The summed E-state index contributed by atoms with van der Waals surface area (Å²) in [5.41, 5.74) is -6.66. The second kappa shape index (κ2) is 6.45. The van der Waals surface area contributed by atoms with Crippen LogP contribution in [-0.4, -0.2) is 23.0 Å². The molecule has 0 aliphatic carbocycles. The fourth-order valence-electron chi connectivity index (χ4n) is 1.39. The molecule has 6 nitrogen and oxygen atoms in total. The van der Waals surface area contributed by atoms with Crippen LogP contribution in [0.25, 0.3) is 0 Å². The van der Waals surface area contributed by atoms with E-state index in [1.807, 2.05) is 0 Å². The van der Waals surface area contributed by atoms with Crippen LogP contribution in [0.1, 0.15) is 22.8 Å². The first kappa shape index (κ1) is 16.8. The number of rotatable bonds is 4.